The maximum absolute atomic E-state index is 10.9. The molecular weight excluding hydrogens is 242 g/mol. The molecule has 0 aromatic rings. The van der Waals surface area contributed by atoms with E-state index in [1.54, 1.807) is 5.43 Å². The van der Waals surface area contributed by atoms with Gasteiger partial charge in [-0.05, 0) is 18.8 Å². The highest BCUT2D eigenvalue weighted by atomic mass is 16.7. The van der Waals surface area contributed by atoms with Crippen LogP contribution in [0.25, 0.3) is 0 Å². The topological polar surface area (TPSA) is 157 Å². The summed E-state index contributed by atoms with van der Waals surface area (Å²) in [5.41, 5.74) is 12.2. The molecule has 0 fully saturated rings. The van der Waals surface area contributed by atoms with Crippen molar-refractivity contribution in [3.8, 4) is 0 Å². The summed E-state index contributed by atoms with van der Waals surface area (Å²) in [5, 5.41) is 18.3. The molecule has 18 heavy (non-hydrogen) atoms. The first-order valence-electron chi connectivity index (χ1n) is 5.55. The molecule has 0 aliphatic carbocycles. The van der Waals surface area contributed by atoms with Crippen LogP contribution in [0.15, 0.2) is 4.99 Å². The molecule has 9 heteroatoms. The van der Waals surface area contributed by atoms with Crippen molar-refractivity contribution < 1.29 is 14.9 Å². The molecule has 0 aromatic carbocycles. The average molecular weight is 261 g/mol. The summed E-state index contributed by atoms with van der Waals surface area (Å²) in [4.78, 5) is 25.0. The number of aliphatic imine (C=N–C) groups is 1. The smallest absolute Gasteiger partial charge is 0.332 e. The maximum atomic E-state index is 10.9. The molecular formula is C9H19N5O4. The Hall–Kier alpha value is -2.06. The molecule has 0 aliphatic rings. The molecule has 0 aliphatic heterocycles. The van der Waals surface area contributed by atoms with E-state index in [9.17, 15) is 14.9 Å². The number of nitrogens with one attached hydrogen (secondary N) is 1. The number of carboxylic acid groups (broad SMARTS) is 1. The lowest BCUT2D eigenvalue weighted by Crippen LogP contribution is -2.42. The van der Waals surface area contributed by atoms with Gasteiger partial charge in [-0.25, -0.2) is 14.9 Å². The fourth-order valence-electron chi connectivity index (χ4n) is 1.60. The first-order valence-corrected chi connectivity index (χ1v) is 5.55. The van der Waals surface area contributed by atoms with Crippen LogP contribution in [0, 0.1) is 16.0 Å². The summed E-state index contributed by atoms with van der Waals surface area (Å²) < 4.78 is 0. The first-order chi connectivity index (χ1) is 8.36. The molecule has 1 unspecified atom stereocenters. The van der Waals surface area contributed by atoms with Gasteiger partial charge in [-0.1, -0.05) is 13.3 Å². The van der Waals surface area contributed by atoms with Crippen molar-refractivity contribution in [3.63, 3.8) is 0 Å². The Labute approximate surface area is 104 Å². The number of carboxylic acids is 1. The van der Waals surface area contributed by atoms with Crippen molar-refractivity contribution in [1.82, 2.24) is 5.43 Å². The highest BCUT2D eigenvalue weighted by molar-refractivity contribution is 5.75. The van der Waals surface area contributed by atoms with Crippen LogP contribution in [-0.4, -0.2) is 34.7 Å². The molecule has 0 radical (unpaired) electrons. The van der Waals surface area contributed by atoms with E-state index in [1.807, 2.05) is 6.92 Å². The van der Waals surface area contributed by atoms with Gasteiger partial charge < -0.3 is 16.6 Å². The van der Waals surface area contributed by atoms with Crippen molar-refractivity contribution in [1.29, 1.82) is 0 Å². The SMILES string of the molecule is CCCC(CN=C(N)N)C[C@H](N[N+](=O)[O-])C(=O)O. The highest BCUT2D eigenvalue weighted by Gasteiger charge is 2.25. The third-order valence-electron chi connectivity index (χ3n) is 2.36. The van der Waals surface area contributed by atoms with Gasteiger partial charge in [0, 0.05) is 6.54 Å². The summed E-state index contributed by atoms with van der Waals surface area (Å²) in [6, 6.07) is -1.24. The minimum absolute atomic E-state index is 0.0785. The number of aliphatic carboxylic acids is 1. The quantitative estimate of drug-likeness (QED) is 0.185. The van der Waals surface area contributed by atoms with Gasteiger partial charge >= 0.3 is 5.97 Å². The monoisotopic (exact) mass is 261 g/mol. The number of hydrogen-bond acceptors (Lipinski definition) is 4. The van der Waals surface area contributed by atoms with Crippen molar-refractivity contribution in [2.24, 2.45) is 22.4 Å². The van der Waals surface area contributed by atoms with Crippen LogP contribution in [-0.2, 0) is 4.79 Å². The predicted octanol–water partition coefficient (Wildman–Crippen LogP) is -0.699. The molecule has 104 valence electrons. The van der Waals surface area contributed by atoms with E-state index in [-0.39, 0.29) is 24.8 Å². The number of hydrazine groups is 1. The van der Waals surface area contributed by atoms with E-state index in [4.69, 9.17) is 16.6 Å². The second-order valence-electron chi connectivity index (χ2n) is 3.93. The van der Waals surface area contributed by atoms with E-state index in [1.165, 1.54) is 0 Å². The Morgan fingerprint density at radius 2 is 2.17 bits per heavy atom. The van der Waals surface area contributed by atoms with Gasteiger partial charge in [0.25, 0.3) is 0 Å². The second kappa shape index (κ2) is 8.09. The number of hydrogen-bond donors (Lipinski definition) is 4. The molecule has 9 nitrogen and oxygen atoms in total. The van der Waals surface area contributed by atoms with Crippen LogP contribution in [0.5, 0.6) is 0 Å². The van der Waals surface area contributed by atoms with E-state index < -0.39 is 17.0 Å². The normalized spacial score (nSPS) is 13.4. The molecule has 0 saturated carbocycles. The van der Waals surface area contributed by atoms with Gasteiger partial charge in [-0.15, -0.1) is 5.43 Å². The van der Waals surface area contributed by atoms with Gasteiger partial charge in [0.1, 0.15) is 0 Å². The number of rotatable bonds is 9. The highest BCUT2D eigenvalue weighted by Crippen LogP contribution is 2.14. The Bertz CT molecular complexity index is 316. The maximum Gasteiger partial charge on any atom is 0.332 e. The molecule has 0 saturated heterocycles. The Balaban J connectivity index is 4.54. The van der Waals surface area contributed by atoms with E-state index in [0.717, 1.165) is 6.42 Å². The molecule has 0 rings (SSSR count). The van der Waals surface area contributed by atoms with Crippen LogP contribution in [0.3, 0.4) is 0 Å². The number of nitro groups is 1. The van der Waals surface area contributed by atoms with E-state index in [0.29, 0.717) is 6.42 Å². The van der Waals surface area contributed by atoms with Crippen molar-refractivity contribution in [2.75, 3.05) is 6.54 Å². The summed E-state index contributed by atoms with van der Waals surface area (Å²) in [5.74, 6) is -1.46. The number of guanidine groups is 1. The lowest BCUT2D eigenvalue weighted by molar-refractivity contribution is -0.549. The first kappa shape index (κ1) is 15.9. The van der Waals surface area contributed by atoms with E-state index >= 15 is 0 Å². The van der Waals surface area contributed by atoms with Crippen LogP contribution in [0.1, 0.15) is 26.2 Å². The summed E-state index contributed by atoms with van der Waals surface area (Å²) in [6.45, 7) is 2.19. The molecule has 0 spiro atoms. The summed E-state index contributed by atoms with van der Waals surface area (Å²) in [6.07, 6.45) is 1.61. The zero-order valence-corrected chi connectivity index (χ0v) is 10.2. The van der Waals surface area contributed by atoms with Gasteiger partial charge in [0.15, 0.2) is 17.0 Å². The largest absolute Gasteiger partial charge is 0.480 e. The molecule has 0 amide bonds. The van der Waals surface area contributed by atoms with Gasteiger partial charge in [0.2, 0.25) is 0 Å². The van der Waals surface area contributed by atoms with Gasteiger partial charge in [-0.2, -0.15) is 0 Å². The van der Waals surface area contributed by atoms with Gasteiger partial charge in [-0.3, -0.25) is 4.99 Å². The predicted molar refractivity (Wildman–Crippen MR) is 65.2 cm³/mol. The van der Waals surface area contributed by atoms with Crippen molar-refractivity contribution in [3.05, 3.63) is 10.1 Å². The van der Waals surface area contributed by atoms with Crippen LogP contribution >= 0.6 is 0 Å². The Morgan fingerprint density at radius 1 is 1.56 bits per heavy atom. The minimum atomic E-state index is -1.27. The fourth-order valence-corrected chi connectivity index (χ4v) is 1.60. The fraction of sp³-hybridized carbons (Fsp3) is 0.778. The van der Waals surface area contributed by atoms with Gasteiger partial charge in [0.05, 0.1) is 0 Å². The molecule has 2 atom stereocenters. The lowest BCUT2D eigenvalue weighted by Gasteiger charge is -2.17. The van der Waals surface area contributed by atoms with Crippen molar-refractivity contribution >= 4 is 11.9 Å². The Kier molecular flexibility index (Phi) is 7.17. The summed E-state index contributed by atoms with van der Waals surface area (Å²) >= 11 is 0. The summed E-state index contributed by atoms with van der Waals surface area (Å²) in [7, 11) is 0. The zero-order valence-electron chi connectivity index (χ0n) is 10.2. The number of nitrogens with zero attached hydrogens (tertiary/aromatic N) is 2. The number of nitrogens with two attached hydrogens (primary N) is 2. The zero-order chi connectivity index (χ0) is 14.1. The van der Waals surface area contributed by atoms with Crippen molar-refractivity contribution in [2.45, 2.75) is 32.2 Å². The van der Waals surface area contributed by atoms with E-state index in [2.05, 4.69) is 4.99 Å². The number of carbonyl (C=O) groups is 1. The standard InChI is InChI=1S/C9H19N5O4/c1-2-3-6(5-12-9(10)11)4-7(8(15)16)13-14(17)18/h6-7,13H,2-5H2,1H3,(H,15,16)(H4,10,11,12)/t6?,7-/m0/s1. The molecule has 6 N–H and O–H groups in total. The minimum Gasteiger partial charge on any atom is -0.480 e. The average Bonchev–Trinajstić information content (AvgIpc) is 2.24. The lowest BCUT2D eigenvalue weighted by atomic mass is 9.95. The molecule has 0 heterocycles. The molecule has 0 bridgehead atoms. The van der Waals surface area contributed by atoms with Crippen LogP contribution in [0.4, 0.5) is 0 Å². The van der Waals surface area contributed by atoms with Crippen LogP contribution in [0.2, 0.25) is 0 Å². The Morgan fingerprint density at radius 3 is 2.56 bits per heavy atom. The third kappa shape index (κ3) is 7.25. The third-order valence-corrected chi connectivity index (χ3v) is 2.36. The second-order valence-corrected chi connectivity index (χ2v) is 3.93. The van der Waals surface area contributed by atoms with Crippen LogP contribution < -0.4 is 16.9 Å². The molecule has 0 aromatic heterocycles.